The summed E-state index contributed by atoms with van der Waals surface area (Å²) in [6.07, 6.45) is 4.50. The predicted octanol–water partition coefficient (Wildman–Crippen LogP) is 4.88. The molecule has 1 aromatic heterocycles. The first kappa shape index (κ1) is 23.6. The summed E-state index contributed by atoms with van der Waals surface area (Å²) in [6.45, 7) is 8.13. The van der Waals surface area contributed by atoms with Gasteiger partial charge in [-0.3, -0.25) is 9.36 Å². The summed E-state index contributed by atoms with van der Waals surface area (Å²) in [5.74, 6) is 0.588. The molecular formula is C27H30N2O5. The van der Waals surface area contributed by atoms with Gasteiger partial charge in [0, 0.05) is 36.3 Å². The van der Waals surface area contributed by atoms with Crippen LogP contribution in [-0.4, -0.2) is 53.4 Å². The van der Waals surface area contributed by atoms with Crippen LogP contribution < -0.4 is 4.74 Å². The summed E-state index contributed by atoms with van der Waals surface area (Å²) in [5.41, 5.74) is 1.84. The lowest BCUT2D eigenvalue weighted by Crippen LogP contribution is -2.39. The zero-order valence-electron chi connectivity index (χ0n) is 19.8. The third kappa shape index (κ3) is 5.85. The largest absolute Gasteiger partial charge is 0.489 e. The fourth-order valence-electron chi connectivity index (χ4n) is 3.71. The van der Waals surface area contributed by atoms with Gasteiger partial charge in [-0.05, 0) is 50.6 Å². The summed E-state index contributed by atoms with van der Waals surface area (Å²) in [5, 5.41) is 0.794. The Bertz CT molecular complexity index is 1180. The van der Waals surface area contributed by atoms with Crippen LogP contribution in [0.5, 0.6) is 5.75 Å². The van der Waals surface area contributed by atoms with Crippen molar-refractivity contribution >= 4 is 29.0 Å². The van der Waals surface area contributed by atoms with Crippen LogP contribution in [0.15, 0.2) is 60.8 Å². The number of aromatic nitrogens is 1. The minimum Gasteiger partial charge on any atom is -0.489 e. The minimum absolute atomic E-state index is 0.0852. The van der Waals surface area contributed by atoms with Crippen molar-refractivity contribution in [1.82, 2.24) is 9.47 Å². The highest BCUT2D eigenvalue weighted by Crippen LogP contribution is 2.28. The van der Waals surface area contributed by atoms with Crippen LogP contribution in [0.1, 0.15) is 31.9 Å². The number of hydrogen-bond acceptors (Lipinski definition) is 5. The molecule has 0 saturated carbocycles. The van der Waals surface area contributed by atoms with E-state index in [0.29, 0.717) is 44.2 Å². The van der Waals surface area contributed by atoms with Crippen LogP contribution in [0.25, 0.3) is 17.0 Å². The summed E-state index contributed by atoms with van der Waals surface area (Å²) >= 11 is 0. The number of benzene rings is 2. The standard InChI is InChI=1S/C27H30N2O5/c1-27(2,3)34-26(31)29-18-21(9-12-25(30)28-13-15-32-16-14-28)23-17-22(10-11-24(23)29)33-19-20-7-5-4-6-8-20/h4-12,17-18H,13-16,19H2,1-3H3. The Morgan fingerprint density at radius 1 is 1.06 bits per heavy atom. The van der Waals surface area contributed by atoms with E-state index in [-0.39, 0.29) is 5.91 Å². The monoisotopic (exact) mass is 462 g/mol. The second kappa shape index (κ2) is 10.1. The van der Waals surface area contributed by atoms with Crippen molar-refractivity contribution in [2.45, 2.75) is 33.0 Å². The van der Waals surface area contributed by atoms with Gasteiger partial charge in [-0.25, -0.2) is 4.79 Å². The topological polar surface area (TPSA) is 70.0 Å². The lowest BCUT2D eigenvalue weighted by atomic mass is 10.1. The SMILES string of the molecule is CC(C)(C)OC(=O)n1cc(C=CC(=O)N2CCOCC2)c2cc(OCc3ccccc3)ccc21. The first-order chi connectivity index (χ1) is 16.3. The van der Waals surface area contributed by atoms with Crippen LogP contribution in [0.2, 0.25) is 0 Å². The summed E-state index contributed by atoms with van der Waals surface area (Å²) in [6, 6.07) is 15.5. The molecule has 1 aliphatic rings. The van der Waals surface area contributed by atoms with Gasteiger partial charge in [-0.1, -0.05) is 30.3 Å². The molecule has 7 nitrogen and oxygen atoms in total. The number of ether oxygens (including phenoxy) is 3. The van der Waals surface area contributed by atoms with Crippen molar-refractivity contribution in [3.63, 3.8) is 0 Å². The molecule has 0 atom stereocenters. The number of nitrogens with zero attached hydrogens (tertiary/aromatic N) is 2. The fourth-order valence-corrected chi connectivity index (χ4v) is 3.71. The molecule has 1 fully saturated rings. The molecule has 1 aliphatic heterocycles. The van der Waals surface area contributed by atoms with Gasteiger partial charge >= 0.3 is 6.09 Å². The van der Waals surface area contributed by atoms with Crippen molar-refractivity contribution in [3.05, 3.63) is 71.9 Å². The number of carbonyl (C=O) groups is 2. The van der Waals surface area contributed by atoms with E-state index in [0.717, 1.165) is 16.5 Å². The molecule has 0 aliphatic carbocycles. The van der Waals surface area contributed by atoms with E-state index < -0.39 is 11.7 Å². The van der Waals surface area contributed by atoms with E-state index in [2.05, 4.69) is 0 Å². The second-order valence-corrected chi connectivity index (χ2v) is 9.16. The van der Waals surface area contributed by atoms with E-state index in [9.17, 15) is 9.59 Å². The summed E-state index contributed by atoms with van der Waals surface area (Å²) in [4.78, 5) is 27.2. The molecule has 3 aromatic rings. The number of fused-ring (bicyclic) bond motifs is 1. The molecule has 2 aromatic carbocycles. The molecule has 0 N–H and O–H groups in total. The average Bonchev–Trinajstić information content (AvgIpc) is 3.19. The quantitative estimate of drug-likeness (QED) is 0.506. The Morgan fingerprint density at radius 3 is 2.50 bits per heavy atom. The van der Waals surface area contributed by atoms with E-state index in [4.69, 9.17) is 14.2 Å². The van der Waals surface area contributed by atoms with Crippen molar-refractivity contribution in [3.8, 4) is 5.75 Å². The van der Waals surface area contributed by atoms with Crippen molar-refractivity contribution in [2.24, 2.45) is 0 Å². The zero-order valence-corrected chi connectivity index (χ0v) is 19.8. The van der Waals surface area contributed by atoms with Gasteiger partial charge in [0.05, 0.1) is 18.7 Å². The molecule has 178 valence electrons. The van der Waals surface area contributed by atoms with E-state index in [1.807, 2.05) is 69.3 Å². The first-order valence-corrected chi connectivity index (χ1v) is 11.4. The predicted molar refractivity (Wildman–Crippen MR) is 131 cm³/mol. The lowest BCUT2D eigenvalue weighted by molar-refractivity contribution is -0.129. The molecule has 34 heavy (non-hydrogen) atoms. The van der Waals surface area contributed by atoms with Crippen molar-refractivity contribution in [1.29, 1.82) is 0 Å². The maximum Gasteiger partial charge on any atom is 0.419 e. The van der Waals surface area contributed by atoms with E-state index in [1.165, 1.54) is 10.6 Å². The Labute approximate surface area is 199 Å². The van der Waals surface area contributed by atoms with Gasteiger partial charge in [-0.15, -0.1) is 0 Å². The molecule has 0 bridgehead atoms. The van der Waals surface area contributed by atoms with Crippen LogP contribution >= 0.6 is 0 Å². The molecule has 1 saturated heterocycles. The van der Waals surface area contributed by atoms with Gasteiger partial charge in [-0.2, -0.15) is 0 Å². The van der Waals surface area contributed by atoms with Gasteiger partial charge in [0.15, 0.2) is 0 Å². The Balaban J connectivity index is 1.64. The molecule has 4 rings (SSSR count). The van der Waals surface area contributed by atoms with Crippen LogP contribution in [0.3, 0.4) is 0 Å². The van der Waals surface area contributed by atoms with Crippen LogP contribution in [0.4, 0.5) is 4.79 Å². The second-order valence-electron chi connectivity index (χ2n) is 9.16. The van der Waals surface area contributed by atoms with Gasteiger partial charge < -0.3 is 19.1 Å². The molecule has 0 radical (unpaired) electrons. The number of carbonyl (C=O) groups excluding carboxylic acids is 2. The lowest BCUT2D eigenvalue weighted by Gasteiger charge is -2.25. The molecule has 2 heterocycles. The maximum atomic E-state index is 12.9. The highest BCUT2D eigenvalue weighted by molar-refractivity contribution is 5.99. The third-order valence-corrected chi connectivity index (χ3v) is 5.37. The summed E-state index contributed by atoms with van der Waals surface area (Å²) in [7, 11) is 0. The molecule has 1 amide bonds. The normalized spacial score (nSPS) is 14.5. The Hall–Kier alpha value is -3.58. The van der Waals surface area contributed by atoms with Crippen LogP contribution in [0, 0.1) is 0 Å². The molecular weight excluding hydrogens is 432 g/mol. The van der Waals surface area contributed by atoms with E-state index >= 15 is 0 Å². The fraction of sp³-hybridized carbons (Fsp3) is 0.333. The Morgan fingerprint density at radius 2 is 1.79 bits per heavy atom. The van der Waals surface area contributed by atoms with E-state index in [1.54, 1.807) is 17.2 Å². The van der Waals surface area contributed by atoms with Gasteiger partial charge in [0.2, 0.25) is 5.91 Å². The number of morpholine rings is 1. The van der Waals surface area contributed by atoms with Crippen molar-refractivity contribution in [2.75, 3.05) is 26.3 Å². The molecule has 0 spiro atoms. The van der Waals surface area contributed by atoms with Gasteiger partial charge in [0.1, 0.15) is 18.0 Å². The molecule has 7 heteroatoms. The Kier molecular flexibility index (Phi) is 7.03. The average molecular weight is 463 g/mol. The third-order valence-electron chi connectivity index (χ3n) is 5.37. The summed E-state index contributed by atoms with van der Waals surface area (Å²) < 4.78 is 18.4. The minimum atomic E-state index is -0.630. The van der Waals surface area contributed by atoms with Crippen LogP contribution in [-0.2, 0) is 20.9 Å². The van der Waals surface area contributed by atoms with Crippen molar-refractivity contribution < 1.29 is 23.8 Å². The molecule has 0 unspecified atom stereocenters. The highest BCUT2D eigenvalue weighted by atomic mass is 16.6. The zero-order chi connectivity index (χ0) is 24.1. The first-order valence-electron chi connectivity index (χ1n) is 11.4. The van der Waals surface area contributed by atoms with Gasteiger partial charge in [0.25, 0.3) is 0 Å². The number of hydrogen-bond donors (Lipinski definition) is 0. The number of amides is 1. The highest BCUT2D eigenvalue weighted by Gasteiger charge is 2.21. The number of rotatable bonds is 5. The smallest absolute Gasteiger partial charge is 0.419 e. The maximum absolute atomic E-state index is 12.9.